The van der Waals surface area contributed by atoms with Crippen LogP contribution in [0.2, 0.25) is 0 Å². The Morgan fingerprint density at radius 1 is 1.39 bits per heavy atom. The lowest BCUT2D eigenvalue weighted by molar-refractivity contribution is 0.447. The molecule has 0 saturated heterocycles. The second-order valence-electron chi connectivity index (χ2n) is 4.46. The van der Waals surface area contributed by atoms with Crippen molar-refractivity contribution in [3.8, 4) is 0 Å². The van der Waals surface area contributed by atoms with Gasteiger partial charge in [-0.15, -0.1) is 11.3 Å². The predicted octanol–water partition coefficient (Wildman–Crippen LogP) is 4.81. The Balaban J connectivity index is 2.33. The number of hydrogen-bond acceptors (Lipinski definition) is 3. The van der Waals surface area contributed by atoms with Gasteiger partial charge >= 0.3 is 0 Å². The zero-order valence-corrected chi connectivity index (χ0v) is 13.3. The van der Waals surface area contributed by atoms with Crippen molar-refractivity contribution in [3.05, 3.63) is 43.9 Å². The molecule has 0 saturated carbocycles. The second kappa shape index (κ2) is 6.04. The highest BCUT2D eigenvalue weighted by Gasteiger charge is 2.21. The Labute approximate surface area is 121 Å². The lowest BCUT2D eigenvalue weighted by Crippen LogP contribution is -2.22. The van der Waals surface area contributed by atoms with Gasteiger partial charge in [0.15, 0.2) is 0 Å². The smallest absolute Gasteiger partial charge is 0.128 e. The molecule has 0 fully saturated rings. The van der Waals surface area contributed by atoms with Crippen LogP contribution in [-0.4, -0.2) is 6.54 Å². The van der Waals surface area contributed by atoms with E-state index in [0.717, 1.165) is 18.7 Å². The first-order valence-electron chi connectivity index (χ1n) is 6.16. The fraction of sp³-hybridized carbons (Fsp3) is 0.429. The van der Waals surface area contributed by atoms with E-state index in [9.17, 15) is 0 Å². The Morgan fingerprint density at radius 2 is 2.17 bits per heavy atom. The number of thiophene rings is 1. The normalized spacial score (nSPS) is 12.9. The Kier molecular flexibility index (Phi) is 4.65. The maximum absolute atomic E-state index is 5.66. The van der Waals surface area contributed by atoms with E-state index >= 15 is 0 Å². The molecule has 0 aromatic carbocycles. The molecule has 4 heteroatoms. The van der Waals surface area contributed by atoms with Crippen LogP contribution in [0.4, 0.5) is 0 Å². The molecule has 1 unspecified atom stereocenters. The van der Waals surface area contributed by atoms with E-state index in [2.05, 4.69) is 48.1 Å². The van der Waals surface area contributed by atoms with Crippen molar-refractivity contribution >= 4 is 27.3 Å². The molecule has 2 aromatic rings. The Morgan fingerprint density at radius 3 is 2.67 bits per heavy atom. The molecule has 0 aliphatic heterocycles. The van der Waals surface area contributed by atoms with Gasteiger partial charge in [-0.05, 0) is 66.0 Å². The molecule has 0 spiro atoms. The molecule has 0 bridgehead atoms. The Bertz CT molecular complexity index is 498. The van der Waals surface area contributed by atoms with Gasteiger partial charge in [0, 0.05) is 4.88 Å². The number of nitrogens with one attached hydrogen (secondary N) is 1. The van der Waals surface area contributed by atoms with Crippen LogP contribution >= 0.6 is 27.3 Å². The van der Waals surface area contributed by atoms with Gasteiger partial charge in [-0.25, -0.2) is 0 Å². The van der Waals surface area contributed by atoms with Crippen molar-refractivity contribution in [2.24, 2.45) is 0 Å². The van der Waals surface area contributed by atoms with E-state index in [1.165, 1.54) is 19.8 Å². The number of rotatable bonds is 5. The molecule has 98 valence electrons. The van der Waals surface area contributed by atoms with Crippen molar-refractivity contribution in [1.29, 1.82) is 0 Å². The van der Waals surface area contributed by atoms with Gasteiger partial charge in [0.2, 0.25) is 0 Å². The highest BCUT2D eigenvalue weighted by molar-refractivity contribution is 9.11. The highest BCUT2D eigenvalue weighted by Crippen LogP contribution is 2.35. The van der Waals surface area contributed by atoms with Crippen LogP contribution in [0.15, 0.2) is 26.6 Å². The quantitative estimate of drug-likeness (QED) is 0.852. The van der Waals surface area contributed by atoms with Gasteiger partial charge < -0.3 is 9.73 Å². The summed E-state index contributed by atoms with van der Waals surface area (Å²) in [5.41, 5.74) is 2.48. The van der Waals surface area contributed by atoms with Gasteiger partial charge in [-0.3, -0.25) is 0 Å². The third kappa shape index (κ3) is 2.87. The van der Waals surface area contributed by atoms with E-state index in [-0.39, 0.29) is 6.04 Å². The molecular formula is C14H18BrNOS. The number of aryl methyl sites for hydroxylation is 2. The molecule has 2 nitrogen and oxygen atoms in total. The number of halogens is 1. The summed E-state index contributed by atoms with van der Waals surface area (Å²) >= 11 is 5.37. The summed E-state index contributed by atoms with van der Waals surface area (Å²) in [5.74, 6) is 1.03. The minimum atomic E-state index is 0.162. The number of furan rings is 1. The van der Waals surface area contributed by atoms with E-state index in [4.69, 9.17) is 4.42 Å². The second-order valence-corrected chi connectivity index (χ2v) is 6.86. The Hall–Kier alpha value is -0.580. The first-order valence-corrected chi connectivity index (χ1v) is 7.77. The van der Waals surface area contributed by atoms with Crippen LogP contribution in [-0.2, 0) is 0 Å². The summed E-state index contributed by atoms with van der Waals surface area (Å²) < 4.78 is 6.85. The predicted molar refractivity (Wildman–Crippen MR) is 80.3 cm³/mol. The van der Waals surface area contributed by atoms with Crippen LogP contribution in [0.3, 0.4) is 0 Å². The van der Waals surface area contributed by atoms with Crippen molar-refractivity contribution in [3.63, 3.8) is 0 Å². The fourth-order valence-corrected chi connectivity index (χ4v) is 3.56. The number of hydrogen-bond donors (Lipinski definition) is 1. The summed E-state index contributed by atoms with van der Waals surface area (Å²) in [6, 6.07) is 4.41. The van der Waals surface area contributed by atoms with Crippen molar-refractivity contribution in [2.45, 2.75) is 33.2 Å². The maximum Gasteiger partial charge on any atom is 0.128 e. The van der Waals surface area contributed by atoms with Crippen LogP contribution in [0.5, 0.6) is 0 Å². The molecule has 2 heterocycles. The van der Waals surface area contributed by atoms with Crippen LogP contribution in [0.1, 0.15) is 41.2 Å². The first kappa shape index (κ1) is 13.8. The first-order chi connectivity index (χ1) is 8.63. The fourth-order valence-electron chi connectivity index (χ4n) is 1.92. The molecule has 1 N–H and O–H groups in total. The van der Waals surface area contributed by atoms with Gasteiger partial charge in [-0.2, -0.15) is 0 Å². The molecule has 0 aliphatic carbocycles. The summed E-state index contributed by atoms with van der Waals surface area (Å²) in [4.78, 5) is 1.30. The summed E-state index contributed by atoms with van der Waals surface area (Å²) in [6.07, 6.45) is 2.88. The highest BCUT2D eigenvalue weighted by atomic mass is 79.9. The van der Waals surface area contributed by atoms with Gasteiger partial charge in [0.05, 0.1) is 10.0 Å². The molecule has 0 radical (unpaired) electrons. The monoisotopic (exact) mass is 327 g/mol. The molecular weight excluding hydrogens is 310 g/mol. The van der Waals surface area contributed by atoms with Crippen molar-refractivity contribution in [1.82, 2.24) is 5.32 Å². The van der Waals surface area contributed by atoms with Crippen LogP contribution < -0.4 is 5.32 Å². The average molecular weight is 328 g/mol. The standard InChI is InChI=1S/C14H18BrNOS/c1-4-6-16-12(13-9(2)5-7-17-13)11-8-10(3)14(15)18-11/h5,7-8,12,16H,4,6H2,1-3H3. The van der Waals surface area contributed by atoms with Gasteiger partial charge in [-0.1, -0.05) is 6.92 Å². The summed E-state index contributed by atoms with van der Waals surface area (Å²) in [5, 5.41) is 3.57. The molecule has 18 heavy (non-hydrogen) atoms. The van der Waals surface area contributed by atoms with E-state index in [1.54, 1.807) is 17.6 Å². The van der Waals surface area contributed by atoms with Crippen molar-refractivity contribution in [2.75, 3.05) is 6.54 Å². The SMILES string of the molecule is CCCNC(c1cc(C)c(Br)s1)c1occc1C. The third-order valence-corrected chi connectivity index (χ3v) is 5.12. The minimum Gasteiger partial charge on any atom is -0.467 e. The third-order valence-electron chi connectivity index (χ3n) is 2.92. The van der Waals surface area contributed by atoms with Gasteiger partial charge in [0.1, 0.15) is 11.8 Å². The molecule has 0 aliphatic rings. The van der Waals surface area contributed by atoms with E-state index in [1.807, 2.05) is 6.07 Å². The molecule has 1 atom stereocenters. The molecule has 2 rings (SSSR count). The maximum atomic E-state index is 5.66. The van der Waals surface area contributed by atoms with Crippen LogP contribution in [0, 0.1) is 13.8 Å². The van der Waals surface area contributed by atoms with Gasteiger partial charge in [0.25, 0.3) is 0 Å². The molecule has 2 aromatic heterocycles. The van der Waals surface area contributed by atoms with E-state index in [0.29, 0.717) is 0 Å². The average Bonchev–Trinajstić information content (AvgIpc) is 2.88. The lowest BCUT2D eigenvalue weighted by atomic mass is 10.1. The summed E-state index contributed by atoms with van der Waals surface area (Å²) in [7, 11) is 0. The largest absolute Gasteiger partial charge is 0.467 e. The van der Waals surface area contributed by atoms with E-state index < -0.39 is 0 Å². The zero-order valence-electron chi connectivity index (χ0n) is 10.9. The summed E-state index contributed by atoms with van der Waals surface area (Å²) in [6.45, 7) is 7.37. The van der Waals surface area contributed by atoms with Crippen molar-refractivity contribution < 1.29 is 4.42 Å². The molecule has 0 amide bonds. The lowest BCUT2D eigenvalue weighted by Gasteiger charge is -2.15. The topological polar surface area (TPSA) is 25.2 Å². The zero-order chi connectivity index (χ0) is 13.1. The minimum absolute atomic E-state index is 0.162. The van der Waals surface area contributed by atoms with Crippen LogP contribution in [0.25, 0.3) is 0 Å².